The van der Waals surface area contributed by atoms with E-state index in [1.165, 1.54) is 30.4 Å². The van der Waals surface area contributed by atoms with Crippen LogP contribution in [0.15, 0.2) is 24.3 Å². The first-order chi connectivity index (χ1) is 10.1. The molecule has 116 valence electrons. The van der Waals surface area contributed by atoms with E-state index in [1.807, 2.05) is 12.1 Å². The van der Waals surface area contributed by atoms with Crippen molar-refractivity contribution in [2.24, 2.45) is 11.3 Å². The Kier molecular flexibility index (Phi) is 5.44. The minimum absolute atomic E-state index is 0.533. The molecule has 0 aliphatic heterocycles. The van der Waals surface area contributed by atoms with Crippen LogP contribution in [0.5, 0.6) is 0 Å². The molecule has 0 bridgehead atoms. The van der Waals surface area contributed by atoms with Crippen molar-refractivity contribution in [3.63, 3.8) is 0 Å². The SMILES string of the molecule is CCCCC1CCC(Cc2ccccc2C)(C(=O)O)CC1. The van der Waals surface area contributed by atoms with E-state index in [9.17, 15) is 9.90 Å². The highest BCUT2D eigenvalue weighted by Crippen LogP contribution is 2.43. The highest BCUT2D eigenvalue weighted by molar-refractivity contribution is 5.75. The molecule has 1 aromatic rings. The van der Waals surface area contributed by atoms with Crippen molar-refractivity contribution in [2.45, 2.75) is 65.2 Å². The van der Waals surface area contributed by atoms with E-state index in [2.05, 4.69) is 26.0 Å². The van der Waals surface area contributed by atoms with Gasteiger partial charge in [0, 0.05) is 0 Å². The Hall–Kier alpha value is -1.31. The maximum Gasteiger partial charge on any atom is 0.309 e. The zero-order chi connectivity index (χ0) is 15.3. The number of carbonyl (C=O) groups is 1. The third-order valence-corrected chi connectivity index (χ3v) is 5.27. The molecule has 1 fully saturated rings. The van der Waals surface area contributed by atoms with Gasteiger partial charge >= 0.3 is 5.97 Å². The molecule has 2 nitrogen and oxygen atoms in total. The molecule has 1 saturated carbocycles. The fourth-order valence-corrected chi connectivity index (χ4v) is 3.65. The van der Waals surface area contributed by atoms with E-state index in [0.29, 0.717) is 6.42 Å². The maximum absolute atomic E-state index is 11.9. The van der Waals surface area contributed by atoms with Crippen molar-refractivity contribution in [3.05, 3.63) is 35.4 Å². The summed E-state index contributed by atoms with van der Waals surface area (Å²) in [6.45, 7) is 4.31. The second-order valence-electron chi connectivity index (χ2n) is 6.77. The number of aryl methyl sites for hydroxylation is 1. The summed E-state index contributed by atoms with van der Waals surface area (Å²) in [5, 5.41) is 9.80. The van der Waals surface area contributed by atoms with Gasteiger partial charge in [-0.3, -0.25) is 4.79 Å². The third kappa shape index (κ3) is 3.87. The average molecular weight is 288 g/mol. The summed E-state index contributed by atoms with van der Waals surface area (Å²) in [5.41, 5.74) is 1.88. The number of hydrogen-bond acceptors (Lipinski definition) is 1. The van der Waals surface area contributed by atoms with Crippen LogP contribution < -0.4 is 0 Å². The van der Waals surface area contributed by atoms with Crippen molar-refractivity contribution >= 4 is 5.97 Å². The Bertz CT molecular complexity index is 470. The van der Waals surface area contributed by atoms with Gasteiger partial charge in [-0.2, -0.15) is 0 Å². The number of hydrogen-bond donors (Lipinski definition) is 1. The molecule has 0 radical (unpaired) electrons. The van der Waals surface area contributed by atoms with Gasteiger partial charge < -0.3 is 5.11 Å². The molecule has 1 aliphatic carbocycles. The highest BCUT2D eigenvalue weighted by atomic mass is 16.4. The fraction of sp³-hybridized carbons (Fsp3) is 0.632. The van der Waals surface area contributed by atoms with E-state index in [1.54, 1.807) is 0 Å². The minimum atomic E-state index is -0.598. The Morgan fingerprint density at radius 3 is 2.52 bits per heavy atom. The monoisotopic (exact) mass is 288 g/mol. The lowest BCUT2D eigenvalue weighted by atomic mass is 9.66. The molecule has 2 rings (SSSR count). The number of aliphatic carboxylic acids is 1. The van der Waals surface area contributed by atoms with E-state index in [-0.39, 0.29) is 0 Å². The molecule has 0 atom stereocenters. The second-order valence-corrected chi connectivity index (χ2v) is 6.77. The lowest BCUT2D eigenvalue weighted by molar-refractivity contribution is -0.151. The summed E-state index contributed by atoms with van der Waals surface area (Å²) >= 11 is 0. The van der Waals surface area contributed by atoms with Gasteiger partial charge in [-0.15, -0.1) is 0 Å². The van der Waals surface area contributed by atoms with Crippen LogP contribution in [0.2, 0.25) is 0 Å². The van der Waals surface area contributed by atoms with Gasteiger partial charge in [0.15, 0.2) is 0 Å². The third-order valence-electron chi connectivity index (χ3n) is 5.27. The number of unbranched alkanes of at least 4 members (excludes halogenated alkanes) is 1. The molecule has 0 saturated heterocycles. The maximum atomic E-state index is 11.9. The van der Waals surface area contributed by atoms with Gasteiger partial charge in [-0.25, -0.2) is 0 Å². The van der Waals surface area contributed by atoms with Crippen LogP contribution in [0.25, 0.3) is 0 Å². The van der Waals surface area contributed by atoms with Gasteiger partial charge in [0.1, 0.15) is 0 Å². The number of benzene rings is 1. The summed E-state index contributed by atoms with van der Waals surface area (Å²) in [4.78, 5) is 11.9. The van der Waals surface area contributed by atoms with E-state index in [0.717, 1.165) is 31.6 Å². The average Bonchev–Trinajstić information content (AvgIpc) is 2.49. The largest absolute Gasteiger partial charge is 0.481 e. The van der Waals surface area contributed by atoms with Gasteiger partial charge in [0.25, 0.3) is 0 Å². The predicted molar refractivity (Wildman–Crippen MR) is 86.4 cm³/mol. The molecule has 0 heterocycles. The van der Waals surface area contributed by atoms with Crippen LogP contribution >= 0.6 is 0 Å². The van der Waals surface area contributed by atoms with E-state index < -0.39 is 11.4 Å². The molecule has 1 aliphatic rings. The number of rotatable bonds is 6. The molecule has 1 N–H and O–H groups in total. The topological polar surface area (TPSA) is 37.3 Å². The lowest BCUT2D eigenvalue weighted by Gasteiger charge is -2.37. The molecule has 0 spiro atoms. The molecule has 1 aromatic carbocycles. The van der Waals surface area contributed by atoms with Crippen molar-refractivity contribution in [3.8, 4) is 0 Å². The first-order valence-corrected chi connectivity index (χ1v) is 8.35. The molecular formula is C19H28O2. The predicted octanol–water partition coefficient (Wildman–Crippen LogP) is 4.99. The van der Waals surface area contributed by atoms with Crippen LogP contribution in [0.4, 0.5) is 0 Å². The molecule has 0 unspecified atom stereocenters. The Balaban J connectivity index is 2.06. The van der Waals surface area contributed by atoms with Gasteiger partial charge in [0.05, 0.1) is 5.41 Å². The zero-order valence-corrected chi connectivity index (χ0v) is 13.4. The van der Waals surface area contributed by atoms with Crippen LogP contribution in [0.3, 0.4) is 0 Å². The van der Waals surface area contributed by atoms with E-state index in [4.69, 9.17) is 0 Å². The summed E-state index contributed by atoms with van der Waals surface area (Å²) in [5.74, 6) is 0.147. The first-order valence-electron chi connectivity index (χ1n) is 8.35. The van der Waals surface area contributed by atoms with Gasteiger partial charge in [0.2, 0.25) is 0 Å². The summed E-state index contributed by atoms with van der Waals surface area (Å²) in [7, 11) is 0. The summed E-state index contributed by atoms with van der Waals surface area (Å²) in [6.07, 6.45) is 8.32. The van der Waals surface area contributed by atoms with Gasteiger partial charge in [-0.05, 0) is 56.1 Å². The highest BCUT2D eigenvalue weighted by Gasteiger charge is 2.41. The number of carboxylic acid groups (broad SMARTS) is 1. The molecular weight excluding hydrogens is 260 g/mol. The second kappa shape index (κ2) is 7.11. The van der Waals surface area contributed by atoms with E-state index >= 15 is 0 Å². The normalized spacial score (nSPS) is 25.7. The fourth-order valence-electron chi connectivity index (χ4n) is 3.65. The molecule has 2 heteroatoms. The van der Waals surface area contributed by atoms with Crippen LogP contribution in [0, 0.1) is 18.3 Å². The first kappa shape index (κ1) is 16.1. The minimum Gasteiger partial charge on any atom is -0.481 e. The van der Waals surface area contributed by atoms with Crippen LogP contribution in [-0.4, -0.2) is 11.1 Å². The van der Waals surface area contributed by atoms with Crippen molar-refractivity contribution in [1.29, 1.82) is 0 Å². The molecule has 0 aromatic heterocycles. The Labute approximate surface area is 128 Å². The number of carboxylic acids is 1. The zero-order valence-electron chi connectivity index (χ0n) is 13.4. The summed E-state index contributed by atoms with van der Waals surface area (Å²) < 4.78 is 0. The molecule has 0 amide bonds. The van der Waals surface area contributed by atoms with Gasteiger partial charge in [-0.1, -0.05) is 50.5 Å². The molecule has 21 heavy (non-hydrogen) atoms. The van der Waals surface area contributed by atoms with Crippen molar-refractivity contribution in [2.75, 3.05) is 0 Å². The van der Waals surface area contributed by atoms with Crippen LogP contribution in [-0.2, 0) is 11.2 Å². The smallest absolute Gasteiger partial charge is 0.309 e. The summed E-state index contributed by atoms with van der Waals surface area (Å²) in [6, 6.07) is 8.21. The quantitative estimate of drug-likeness (QED) is 0.800. The van der Waals surface area contributed by atoms with Crippen molar-refractivity contribution < 1.29 is 9.90 Å². The van der Waals surface area contributed by atoms with Crippen LogP contribution in [0.1, 0.15) is 63.0 Å². The standard InChI is InChI=1S/C19H28O2/c1-3-4-8-16-10-12-19(13-11-16,18(20)21)14-17-9-6-5-7-15(17)2/h5-7,9,16H,3-4,8,10-14H2,1-2H3,(H,20,21). The Morgan fingerprint density at radius 2 is 1.95 bits per heavy atom. The van der Waals surface area contributed by atoms with Crippen molar-refractivity contribution in [1.82, 2.24) is 0 Å². The lowest BCUT2D eigenvalue weighted by Crippen LogP contribution is -2.37. The Morgan fingerprint density at radius 1 is 1.29 bits per heavy atom.